The highest BCUT2D eigenvalue weighted by Crippen LogP contribution is 2.29. The van der Waals surface area contributed by atoms with Crippen molar-refractivity contribution in [2.24, 2.45) is 0 Å². The van der Waals surface area contributed by atoms with E-state index in [2.05, 4.69) is 38.6 Å². The first-order valence-electron chi connectivity index (χ1n) is 10.4. The molecule has 1 amide bonds. The Bertz CT molecular complexity index is 1250. The van der Waals surface area contributed by atoms with E-state index in [9.17, 15) is 4.79 Å². The van der Waals surface area contributed by atoms with Crippen molar-refractivity contribution in [2.45, 2.75) is 32.2 Å². The zero-order valence-corrected chi connectivity index (χ0v) is 17.3. The summed E-state index contributed by atoms with van der Waals surface area (Å²) in [6, 6.07) is 5.55. The molecule has 1 aliphatic carbocycles. The van der Waals surface area contributed by atoms with Crippen molar-refractivity contribution in [1.29, 1.82) is 0 Å². The molecule has 0 atom stereocenters. The second kappa shape index (κ2) is 8.93. The van der Waals surface area contributed by atoms with Gasteiger partial charge in [0.2, 0.25) is 11.9 Å². The van der Waals surface area contributed by atoms with Gasteiger partial charge >= 0.3 is 0 Å². The molecule has 3 aromatic heterocycles. The Hall–Kier alpha value is -4.14. The van der Waals surface area contributed by atoms with Gasteiger partial charge in [0.05, 0.1) is 6.33 Å². The molecule has 0 aromatic carbocycles. The number of hydrogen-bond acceptors (Lipinski definition) is 6. The predicted octanol–water partition coefficient (Wildman–Crippen LogP) is 3.81. The summed E-state index contributed by atoms with van der Waals surface area (Å²) in [7, 11) is 0. The Labute approximate surface area is 184 Å². The number of carbonyl (C=O) groups is 1. The topological polar surface area (TPSA) is 95.6 Å². The van der Waals surface area contributed by atoms with E-state index in [1.165, 1.54) is 5.57 Å². The van der Waals surface area contributed by atoms with Gasteiger partial charge in [0, 0.05) is 31.8 Å². The zero-order chi connectivity index (χ0) is 21.8. The van der Waals surface area contributed by atoms with Gasteiger partial charge in [-0.3, -0.25) is 10.1 Å². The second-order valence-corrected chi connectivity index (χ2v) is 7.49. The van der Waals surface area contributed by atoms with Crippen LogP contribution in [0, 0.1) is 0 Å². The minimum atomic E-state index is -0.173. The van der Waals surface area contributed by atoms with Crippen LogP contribution in [0.15, 0.2) is 79.0 Å². The molecular formula is C23H22N6O3. The van der Waals surface area contributed by atoms with Crippen LogP contribution in [0.5, 0.6) is 0 Å². The number of nitrogens with one attached hydrogen (secondary N) is 1. The molecule has 0 saturated carbocycles. The van der Waals surface area contributed by atoms with Crippen molar-refractivity contribution >= 4 is 23.3 Å². The number of aryl methyl sites for hydroxylation is 1. The van der Waals surface area contributed by atoms with E-state index in [-0.39, 0.29) is 11.9 Å². The molecule has 2 aliphatic rings. The molecule has 9 heteroatoms. The largest absolute Gasteiger partial charge is 0.465 e. The molecule has 0 bridgehead atoms. The van der Waals surface area contributed by atoms with Gasteiger partial charge < -0.3 is 14.0 Å². The van der Waals surface area contributed by atoms with Crippen LogP contribution in [0.4, 0.5) is 5.95 Å². The Morgan fingerprint density at radius 2 is 2.22 bits per heavy atom. The molecule has 4 heterocycles. The third-order valence-electron chi connectivity index (χ3n) is 5.14. The number of imidazole rings is 1. The van der Waals surface area contributed by atoms with Crippen LogP contribution in [0.2, 0.25) is 0 Å². The van der Waals surface area contributed by atoms with Gasteiger partial charge in [0.15, 0.2) is 11.4 Å². The van der Waals surface area contributed by atoms with E-state index >= 15 is 0 Å². The lowest BCUT2D eigenvalue weighted by molar-refractivity contribution is -0.116. The summed E-state index contributed by atoms with van der Waals surface area (Å²) in [5.41, 5.74) is 2.56. The highest BCUT2D eigenvalue weighted by atomic mass is 16.5. The quantitative estimate of drug-likeness (QED) is 0.612. The lowest BCUT2D eigenvalue weighted by Gasteiger charge is -2.18. The summed E-state index contributed by atoms with van der Waals surface area (Å²) in [6.07, 6.45) is 17.7. The fourth-order valence-corrected chi connectivity index (χ4v) is 3.56. The standard InChI is InChI=1S/C23H22N6O3/c30-22(9-11-28-12-10-24-16-28)26-23-25-21-8-4-7-19(29(21)27-23)20-15-31-14-18(32-20)13-17-5-2-1-3-6-17/h1-2,4-5,7-8,10,12,14-16H,3,6,9,11,13H2,(H,26,27,30). The Morgan fingerprint density at radius 1 is 1.25 bits per heavy atom. The first-order chi connectivity index (χ1) is 15.7. The molecular weight excluding hydrogens is 408 g/mol. The van der Waals surface area contributed by atoms with Gasteiger partial charge in [0.1, 0.15) is 24.0 Å². The first-order valence-corrected chi connectivity index (χ1v) is 10.4. The molecule has 0 spiro atoms. The average Bonchev–Trinajstić information content (AvgIpc) is 3.48. The summed E-state index contributed by atoms with van der Waals surface area (Å²) in [4.78, 5) is 20.7. The fourth-order valence-electron chi connectivity index (χ4n) is 3.56. The van der Waals surface area contributed by atoms with Gasteiger partial charge in [-0.05, 0) is 25.0 Å². The first kappa shape index (κ1) is 19.8. The number of pyridine rings is 1. The lowest BCUT2D eigenvalue weighted by atomic mass is 10.0. The van der Waals surface area contributed by atoms with Crippen LogP contribution in [0.25, 0.3) is 11.4 Å². The number of anilines is 1. The van der Waals surface area contributed by atoms with Crippen molar-refractivity contribution in [3.8, 4) is 0 Å². The molecule has 1 aliphatic heterocycles. The van der Waals surface area contributed by atoms with Crippen LogP contribution in [0.3, 0.4) is 0 Å². The number of carbonyl (C=O) groups excluding carboxylic acids is 1. The van der Waals surface area contributed by atoms with Gasteiger partial charge in [0.25, 0.3) is 0 Å². The van der Waals surface area contributed by atoms with E-state index in [0.717, 1.165) is 18.6 Å². The molecule has 0 radical (unpaired) electrons. The van der Waals surface area contributed by atoms with E-state index in [1.54, 1.807) is 29.6 Å². The fraction of sp³-hybridized carbons (Fsp3) is 0.217. The lowest BCUT2D eigenvalue weighted by Crippen LogP contribution is -2.15. The van der Waals surface area contributed by atoms with Gasteiger partial charge in [-0.15, -0.1) is 5.10 Å². The Kier molecular flexibility index (Phi) is 5.52. The normalized spacial score (nSPS) is 15.4. The summed E-state index contributed by atoms with van der Waals surface area (Å²) in [5, 5.41) is 7.21. The van der Waals surface area contributed by atoms with Crippen molar-refractivity contribution in [1.82, 2.24) is 24.1 Å². The van der Waals surface area contributed by atoms with Gasteiger partial charge in [-0.1, -0.05) is 29.9 Å². The van der Waals surface area contributed by atoms with E-state index < -0.39 is 0 Å². The molecule has 32 heavy (non-hydrogen) atoms. The third-order valence-corrected chi connectivity index (χ3v) is 5.14. The summed E-state index contributed by atoms with van der Waals surface area (Å²) >= 11 is 0. The number of aromatic nitrogens is 5. The molecule has 162 valence electrons. The minimum Gasteiger partial charge on any atom is -0.465 e. The average molecular weight is 430 g/mol. The Morgan fingerprint density at radius 3 is 3.06 bits per heavy atom. The predicted molar refractivity (Wildman–Crippen MR) is 118 cm³/mol. The van der Waals surface area contributed by atoms with Crippen LogP contribution in [0.1, 0.15) is 31.4 Å². The van der Waals surface area contributed by atoms with Crippen LogP contribution < -0.4 is 5.32 Å². The summed E-state index contributed by atoms with van der Waals surface area (Å²) in [5.74, 6) is 1.32. The van der Waals surface area contributed by atoms with Gasteiger partial charge in [-0.25, -0.2) is 9.50 Å². The molecule has 3 aromatic rings. The maximum Gasteiger partial charge on any atom is 0.249 e. The van der Waals surface area contributed by atoms with Crippen LogP contribution in [-0.2, 0) is 20.8 Å². The van der Waals surface area contributed by atoms with E-state index in [1.807, 2.05) is 29.0 Å². The molecule has 1 N–H and O–H groups in total. The number of amides is 1. The number of rotatable bonds is 7. The monoisotopic (exact) mass is 430 g/mol. The molecule has 0 fully saturated rings. The number of hydrogen-bond donors (Lipinski definition) is 1. The van der Waals surface area contributed by atoms with Crippen molar-refractivity contribution < 1.29 is 14.3 Å². The van der Waals surface area contributed by atoms with Crippen molar-refractivity contribution in [3.05, 3.63) is 84.7 Å². The molecule has 0 saturated heterocycles. The summed E-state index contributed by atoms with van der Waals surface area (Å²) in [6.45, 7) is 0.532. The van der Waals surface area contributed by atoms with Crippen LogP contribution in [-0.4, -0.2) is 30.1 Å². The minimum absolute atomic E-state index is 0.173. The van der Waals surface area contributed by atoms with Gasteiger partial charge in [-0.2, -0.15) is 4.98 Å². The van der Waals surface area contributed by atoms with Crippen molar-refractivity contribution in [2.75, 3.05) is 5.32 Å². The highest BCUT2D eigenvalue weighted by molar-refractivity contribution is 5.89. The Balaban J connectivity index is 1.29. The summed E-state index contributed by atoms with van der Waals surface area (Å²) < 4.78 is 15.1. The van der Waals surface area contributed by atoms with Crippen molar-refractivity contribution in [3.63, 3.8) is 0 Å². The third kappa shape index (κ3) is 4.46. The smallest absolute Gasteiger partial charge is 0.249 e. The maximum atomic E-state index is 12.3. The molecule has 9 nitrogen and oxygen atoms in total. The second-order valence-electron chi connectivity index (χ2n) is 7.49. The highest BCUT2D eigenvalue weighted by Gasteiger charge is 2.18. The van der Waals surface area contributed by atoms with Crippen LogP contribution >= 0.6 is 0 Å². The van der Waals surface area contributed by atoms with E-state index in [4.69, 9.17) is 9.47 Å². The molecule has 5 rings (SSSR count). The number of nitrogens with zero attached hydrogens (tertiary/aromatic N) is 5. The SMILES string of the molecule is O=C(CCn1ccnc1)Nc1nc2cccc(C3=COC=C(CC4=CC=CCC4)O3)n2n1. The maximum absolute atomic E-state index is 12.3. The number of allylic oxidation sites excluding steroid dienone is 4. The number of fused-ring (bicyclic) bond motifs is 1. The number of ether oxygens (including phenoxy) is 2. The molecule has 0 unspecified atom stereocenters. The zero-order valence-electron chi connectivity index (χ0n) is 17.3. The van der Waals surface area contributed by atoms with E-state index in [0.29, 0.717) is 36.5 Å².